The monoisotopic (exact) mass is 323 g/mol. The van der Waals surface area contributed by atoms with Gasteiger partial charge in [0.15, 0.2) is 0 Å². The molecular formula is C19H21N3S. The zero-order valence-corrected chi connectivity index (χ0v) is 14.0. The van der Waals surface area contributed by atoms with Crippen LogP contribution in [0, 0.1) is 5.92 Å². The summed E-state index contributed by atoms with van der Waals surface area (Å²) < 4.78 is 0. The van der Waals surface area contributed by atoms with E-state index in [1.54, 1.807) is 17.7 Å². The Morgan fingerprint density at radius 1 is 1.04 bits per heavy atom. The summed E-state index contributed by atoms with van der Waals surface area (Å²) >= 11 is 1.69. The van der Waals surface area contributed by atoms with Gasteiger partial charge in [0.05, 0.1) is 5.39 Å². The Balaban J connectivity index is 1.65. The average molecular weight is 323 g/mol. The smallest absolute Gasteiger partial charge is 0.138 e. The third-order valence-electron chi connectivity index (χ3n) is 4.74. The summed E-state index contributed by atoms with van der Waals surface area (Å²) in [5.74, 6) is 1.77. The van der Waals surface area contributed by atoms with E-state index in [9.17, 15) is 0 Å². The van der Waals surface area contributed by atoms with Gasteiger partial charge in [-0.3, -0.25) is 0 Å². The van der Waals surface area contributed by atoms with Crippen molar-refractivity contribution in [1.82, 2.24) is 9.97 Å². The van der Waals surface area contributed by atoms with Crippen molar-refractivity contribution in [2.75, 3.05) is 11.9 Å². The van der Waals surface area contributed by atoms with Crippen molar-refractivity contribution in [3.05, 3.63) is 42.0 Å². The highest BCUT2D eigenvalue weighted by Crippen LogP contribution is 2.36. The summed E-state index contributed by atoms with van der Waals surface area (Å²) in [4.78, 5) is 10.0. The molecule has 1 aliphatic rings. The number of hydrogen-bond donors (Lipinski definition) is 1. The van der Waals surface area contributed by atoms with Crippen LogP contribution in [0.2, 0.25) is 0 Å². The zero-order chi connectivity index (χ0) is 15.5. The quantitative estimate of drug-likeness (QED) is 0.703. The summed E-state index contributed by atoms with van der Waals surface area (Å²) in [5, 5.41) is 6.97. The molecule has 1 aliphatic carbocycles. The number of anilines is 1. The Kier molecular flexibility index (Phi) is 4.24. The average Bonchev–Trinajstić information content (AvgIpc) is 3.06. The predicted molar refractivity (Wildman–Crippen MR) is 97.9 cm³/mol. The molecule has 1 saturated carbocycles. The second-order valence-electron chi connectivity index (χ2n) is 6.30. The van der Waals surface area contributed by atoms with E-state index in [-0.39, 0.29) is 0 Å². The van der Waals surface area contributed by atoms with Gasteiger partial charge in [-0.1, -0.05) is 49.6 Å². The van der Waals surface area contributed by atoms with Crippen molar-refractivity contribution in [3.63, 3.8) is 0 Å². The number of hydrogen-bond acceptors (Lipinski definition) is 4. The van der Waals surface area contributed by atoms with Gasteiger partial charge in [0.25, 0.3) is 0 Å². The molecule has 23 heavy (non-hydrogen) atoms. The van der Waals surface area contributed by atoms with E-state index >= 15 is 0 Å². The molecule has 0 aliphatic heterocycles. The second kappa shape index (κ2) is 6.67. The van der Waals surface area contributed by atoms with Crippen LogP contribution in [0.5, 0.6) is 0 Å². The lowest BCUT2D eigenvalue weighted by Gasteiger charge is -2.22. The van der Waals surface area contributed by atoms with Crippen LogP contribution in [0.25, 0.3) is 21.3 Å². The number of nitrogens with zero attached hydrogens (tertiary/aromatic N) is 2. The predicted octanol–water partition coefficient (Wildman–Crippen LogP) is 5.35. The number of benzene rings is 1. The molecule has 4 rings (SSSR count). The van der Waals surface area contributed by atoms with Crippen molar-refractivity contribution in [2.45, 2.75) is 32.1 Å². The Morgan fingerprint density at radius 3 is 2.70 bits per heavy atom. The first kappa shape index (κ1) is 14.6. The summed E-state index contributed by atoms with van der Waals surface area (Å²) in [6.07, 6.45) is 8.51. The molecular weight excluding hydrogens is 302 g/mol. The van der Waals surface area contributed by atoms with Gasteiger partial charge in [-0.25, -0.2) is 9.97 Å². The van der Waals surface area contributed by atoms with Crippen LogP contribution in [0.4, 0.5) is 5.82 Å². The first-order valence-electron chi connectivity index (χ1n) is 8.43. The lowest BCUT2D eigenvalue weighted by atomic mass is 9.89. The lowest BCUT2D eigenvalue weighted by Crippen LogP contribution is -2.17. The van der Waals surface area contributed by atoms with Gasteiger partial charge in [-0.05, 0) is 24.3 Å². The molecule has 1 N–H and O–H groups in total. The summed E-state index contributed by atoms with van der Waals surface area (Å²) in [7, 11) is 0. The maximum atomic E-state index is 4.53. The van der Waals surface area contributed by atoms with Gasteiger partial charge in [-0.2, -0.15) is 0 Å². The molecule has 0 bridgehead atoms. The van der Waals surface area contributed by atoms with E-state index in [0.29, 0.717) is 0 Å². The van der Waals surface area contributed by atoms with E-state index in [0.717, 1.165) is 23.1 Å². The molecule has 1 fully saturated rings. The number of aromatic nitrogens is 2. The Hall–Kier alpha value is -1.94. The molecule has 4 heteroatoms. The minimum atomic E-state index is 0.785. The van der Waals surface area contributed by atoms with Crippen LogP contribution in [0.1, 0.15) is 32.1 Å². The third-order valence-corrected chi connectivity index (χ3v) is 5.62. The Bertz CT molecular complexity index is 776. The molecule has 2 aromatic heterocycles. The Labute approximate surface area is 140 Å². The SMILES string of the molecule is c1ccc(-c2csc3ncnc(NCC4CCCCC4)c23)cc1. The number of fused-ring (bicyclic) bond motifs is 1. The maximum absolute atomic E-state index is 4.53. The third kappa shape index (κ3) is 3.08. The highest BCUT2D eigenvalue weighted by Gasteiger charge is 2.16. The van der Waals surface area contributed by atoms with Gasteiger partial charge in [-0.15, -0.1) is 11.3 Å². The number of thiophene rings is 1. The highest BCUT2D eigenvalue weighted by molar-refractivity contribution is 7.17. The molecule has 2 heterocycles. The molecule has 0 atom stereocenters. The Morgan fingerprint density at radius 2 is 1.87 bits per heavy atom. The fraction of sp³-hybridized carbons (Fsp3) is 0.368. The minimum Gasteiger partial charge on any atom is -0.369 e. The molecule has 118 valence electrons. The normalized spacial score (nSPS) is 15.8. The first-order chi connectivity index (χ1) is 11.4. The van der Waals surface area contributed by atoms with Crippen LogP contribution in [-0.2, 0) is 0 Å². The van der Waals surface area contributed by atoms with Crippen molar-refractivity contribution in [1.29, 1.82) is 0 Å². The molecule has 0 spiro atoms. The van der Waals surface area contributed by atoms with Gasteiger partial charge in [0, 0.05) is 17.5 Å². The van der Waals surface area contributed by atoms with E-state index in [4.69, 9.17) is 0 Å². The summed E-state index contributed by atoms with van der Waals surface area (Å²) in [6.45, 7) is 1.02. The molecule has 0 amide bonds. The first-order valence-corrected chi connectivity index (χ1v) is 9.31. The van der Waals surface area contributed by atoms with Gasteiger partial charge >= 0.3 is 0 Å². The fourth-order valence-corrected chi connectivity index (χ4v) is 4.39. The minimum absolute atomic E-state index is 0.785. The number of rotatable bonds is 4. The zero-order valence-electron chi connectivity index (χ0n) is 13.2. The fourth-order valence-electron chi connectivity index (χ4n) is 3.47. The van der Waals surface area contributed by atoms with Crippen molar-refractivity contribution >= 4 is 27.4 Å². The van der Waals surface area contributed by atoms with E-state index < -0.39 is 0 Å². The van der Waals surface area contributed by atoms with E-state index in [1.165, 1.54) is 48.6 Å². The summed E-state index contributed by atoms with van der Waals surface area (Å²) in [6, 6.07) is 10.5. The molecule has 0 unspecified atom stereocenters. The van der Waals surface area contributed by atoms with Crippen molar-refractivity contribution in [2.24, 2.45) is 5.92 Å². The van der Waals surface area contributed by atoms with Crippen LogP contribution >= 0.6 is 11.3 Å². The van der Waals surface area contributed by atoms with Crippen LogP contribution in [0.15, 0.2) is 42.0 Å². The molecule has 1 aromatic carbocycles. The van der Waals surface area contributed by atoms with Crippen LogP contribution < -0.4 is 5.32 Å². The van der Waals surface area contributed by atoms with Gasteiger partial charge in [0.2, 0.25) is 0 Å². The standard InChI is InChI=1S/C19H21N3S/c1-3-7-14(8-4-1)11-20-18-17-16(15-9-5-2-6-10-15)12-23-19(17)22-13-21-18/h2,5-6,9-10,12-14H,1,3-4,7-8,11H2,(H,20,21,22). The van der Waals surface area contributed by atoms with Crippen LogP contribution in [-0.4, -0.2) is 16.5 Å². The van der Waals surface area contributed by atoms with Gasteiger partial charge in [0.1, 0.15) is 17.0 Å². The van der Waals surface area contributed by atoms with Crippen molar-refractivity contribution in [3.8, 4) is 11.1 Å². The molecule has 3 aromatic rings. The number of nitrogens with one attached hydrogen (secondary N) is 1. The van der Waals surface area contributed by atoms with E-state index in [1.807, 2.05) is 0 Å². The van der Waals surface area contributed by atoms with E-state index in [2.05, 4.69) is 51.0 Å². The largest absolute Gasteiger partial charge is 0.369 e. The maximum Gasteiger partial charge on any atom is 0.138 e. The summed E-state index contributed by atoms with van der Waals surface area (Å²) in [5.41, 5.74) is 2.46. The highest BCUT2D eigenvalue weighted by atomic mass is 32.1. The van der Waals surface area contributed by atoms with Crippen LogP contribution in [0.3, 0.4) is 0 Å². The lowest BCUT2D eigenvalue weighted by molar-refractivity contribution is 0.373. The van der Waals surface area contributed by atoms with Crippen molar-refractivity contribution < 1.29 is 0 Å². The second-order valence-corrected chi connectivity index (χ2v) is 7.16. The molecule has 0 radical (unpaired) electrons. The molecule has 0 saturated heterocycles. The topological polar surface area (TPSA) is 37.8 Å². The molecule has 3 nitrogen and oxygen atoms in total. The van der Waals surface area contributed by atoms with Gasteiger partial charge < -0.3 is 5.32 Å².